The summed E-state index contributed by atoms with van der Waals surface area (Å²) in [6.45, 7) is 0. The number of para-hydroxylation sites is 3. The minimum absolute atomic E-state index is 0.586. The van der Waals surface area contributed by atoms with Crippen LogP contribution in [0.2, 0.25) is 0 Å². The molecule has 12 aromatic carbocycles. The van der Waals surface area contributed by atoms with Crippen molar-refractivity contribution in [2.75, 3.05) is 4.90 Å². The number of rotatable bonds is 9. The lowest BCUT2D eigenvalue weighted by atomic mass is 9.67. The van der Waals surface area contributed by atoms with E-state index in [0.29, 0.717) is 0 Å². The molecule has 0 N–H and O–H groups in total. The van der Waals surface area contributed by atoms with Crippen LogP contribution in [0.3, 0.4) is 0 Å². The zero-order chi connectivity index (χ0) is 48.3. The first-order valence-electron chi connectivity index (χ1n) is 25.2. The molecule has 1 aromatic heterocycles. The van der Waals surface area contributed by atoms with Crippen LogP contribution in [0.1, 0.15) is 22.3 Å². The van der Waals surface area contributed by atoms with Gasteiger partial charge in [0.1, 0.15) is 0 Å². The van der Waals surface area contributed by atoms with Crippen LogP contribution in [0.4, 0.5) is 17.1 Å². The molecule has 2 heteroatoms. The van der Waals surface area contributed by atoms with Crippen molar-refractivity contribution in [3.05, 3.63) is 313 Å². The van der Waals surface area contributed by atoms with Gasteiger partial charge in [0.05, 0.1) is 22.1 Å². The SMILES string of the molecule is c1ccc(-c2ccc(N(c3ccc4c(c3)C(c3ccccc3)(c3ccccc3)c3ccc5ccccc5c3-4)c3ccccc3-c3cccc(-c4ccc5c6ccccc6n(-c6ccccc6)c5c4)c3)cc2)cc1. The van der Waals surface area contributed by atoms with Crippen LogP contribution >= 0.6 is 0 Å². The first-order valence-corrected chi connectivity index (χ1v) is 25.2. The van der Waals surface area contributed by atoms with E-state index in [1.165, 1.54) is 82.6 Å². The normalized spacial score (nSPS) is 12.5. The minimum atomic E-state index is -0.586. The Bertz CT molecular complexity index is 4140. The van der Waals surface area contributed by atoms with E-state index >= 15 is 0 Å². The molecule has 13 aromatic rings. The second kappa shape index (κ2) is 17.4. The van der Waals surface area contributed by atoms with E-state index in [0.717, 1.165) is 39.4 Å². The molecular formula is C71H48N2. The van der Waals surface area contributed by atoms with Crippen LogP contribution < -0.4 is 4.90 Å². The summed E-state index contributed by atoms with van der Waals surface area (Å²) in [6.07, 6.45) is 0. The number of nitrogens with zero attached hydrogens (tertiary/aromatic N) is 2. The monoisotopic (exact) mass is 928 g/mol. The van der Waals surface area contributed by atoms with Gasteiger partial charge in [0.25, 0.3) is 0 Å². The van der Waals surface area contributed by atoms with Gasteiger partial charge < -0.3 is 9.47 Å². The topological polar surface area (TPSA) is 8.17 Å². The maximum absolute atomic E-state index is 2.49. The van der Waals surface area contributed by atoms with E-state index in [2.05, 4.69) is 301 Å². The van der Waals surface area contributed by atoms with E-state index in [9.17, 15) is 0 Å². The Balaban J connectivity index is 0.974. The van der Waals surface area contributed by atoms with Crippen molar-refractivity contribution in [3.63, 3.8) is 0 Å². The summed E-state index contributed by atoms with van der Waals surface area (Å²) in [6, 6.07) is 107. The first kappa shape index (κ1) is 42.4. The lowest BCUT2D eigenvalue weighted by Crippen LogP contribution is -2.28. The predicted octanol–water partition coefficient (Wildman–Crippen LogP) is 18.8. The quantitative estimate of drug-likeness (QED) is 0.140. The van der Waals surface area contributed by atoms with Crippen LogP contribution in [-0.2, 0) is 5.41 Å². The van der Waals surface area contributed by atoms with Crippen molar-refractivity contribution >= 4 is 49.6 Å². The molecular weight excluding hydrogens is 881 g/mol. The van der Waals surface area contributed by atoms with Gasteiger partial charge in [0, 0.05) is 33.4 Å². The summed E-state index contributed by atoms with van der Waals surface area (Å²) < 4.78 is 2.40. The fourth-order valence-corrected chi connectivity index (χ4v) is 12.0. The number of hydrogen-bond acceptors (Lipinski definition) is 1. The Morgan fingerprint density at radius 3 is 1.63 bits per heavy atom. The summed E-state index contributed by atoms with van der Waals surface area (Å²) in [5, 5.41) is 5.00. The average Bonchev–Trinajstić information content (AvgIpc) is 3.97. The number of hydrogen-bond donors (Lipinski definition) is 0. The van der Waals surface area contributed by atoms with Crippen LogP contribution in [0.5, 0.6) is 0 Å². The van der Waals surface area contributed by atoms with Gasteiger partial charge in [-0.2, -0.15) is 0 Å². The molecule has 0 bridgehead atoms. The second-order valence-corrected chi connectivity index (χ2v) is 19.2. The smallest absolute Gasteiger partial charge is 0.0714 e. The molecule has 2 nitrogen and oxygen atoms in total. The van der Waals surface area contributed by atoms with Crippen LogP contribution in [0.15, 0.2) is 291 Å². The molecule has 0 saturated carbocycles. The van der Waals surface area contributed by atoms with E-state index in [-0.39, 0.29) is 0 Å². The van der Waals surface area contributed by atoms with Crippen LogP contribution in [0.25, 0.3) is 82.8 Å². The second-order valence-electron chi connectivity index (χ2n) is 19.2. The molecule has 0 fully saturated rings. The van der Waals surface area contributed by atoms with Gasteiger partial charge in [-0.25, -0.2) is 0 Å². The highest BCUT2D eigenvalue weighted by atomic mass is 15.1. The molecule has 14 rings (SSSR count). The average molecular weight is 929 g/mol. The van der Waals surface area contributed by atoms with Crippen molar-refractivity contribution in [2.45, 2.75) is 5.41 Å². The van der Waals surface area contributed by atoms with Crippen LogP contribution in [0, 0.1) is 0 Å². The molecule has 1 aliphatic carbocycles. The summed E-state index contributed by atoms with van der Waals surface area (Å²) in [5.74, 6) is 0. The van der Waals surface area contributed by atoms with Gasteiger partial charge in [0.2, 0.25) is 0 Å². The zero-order valence-electron chi connectivity index (χ0n) is 40.1. The highest BCUT2D eigenvalue weighted by molar-refractivity contribution is 6.10. The van der Waals surface area contributed by atoms with E-state index in [1.807, 2.05) is 0 Å². The van der Waals surface area contributed by atoms with Gasteiger partial charge in [0.15, 0.2) is 0 Å². The lowest BCUT2D eigenvalue weighted by molar-refractivity contribution is 0.769. The van der Waals surface area contributed by atoms with E-state index in [4.69, 9.17) is 0 Å². The van der Waals surface area contributed by atoms with E-state index < -0.39 is 5.41 Å². The predicted molar refractivity (Wildman–Crippen MR) is 307 cm³/mol. The number of benzene rings is 12. The van der Waals surface area contributed by atoms with E-state index in [1.54, 1.807) is 0 Å². The third kappa shape index (κ3) is 6.87. The first-order chi connectivity index (χ1) is 36.2. The molecule has 0 amide bonds. The Morgan fingerprint density at radius 1 is 0.301 bits per heavy atom. The Labute approximate surface area is 426 Å². The minimum Gasteiger partial charge on any atom is -0.310 e. The number of aromatic nitrogens is 1. The van der Waals surface area contributed by atoms with Gasteiger partial charge in [-0.1, -0.05) is 231 Å². The summed E-state index contributed by atoms with van der Waals surface area (Å²) in [7, 11) is 0. The van der Waals surface area contributed by atoms with Crippen molar-refractivity contribution < 1.29 is 0 Å². The molecule has 0 unspecified atom stereocenters. The third-order valence-corrected chi connectivity index (χ3v) is 15.3. The maximum atomic E-state index is 2.49. The molecule has 0 saturated heterocycles. The van der Waals surface area contributed by atoms with Gasteiger partial charge >= 0.3 is 0 Å². The fourth-order valence-electron chi connectivity index (χ4n) is 12.0. The molecule has 0 radical (unpaired) electrons. The molecule has 0 aliphatic heterocycles. The highest BCUT2D eigenvalue weighted by Gasteiger charge is 2.47. The molecule has 0 spiro atoms. The van der Waals surface area contributed by atoms with Gasteiger partial charge in [-0.3, -0.25) is 0 Å². The van der Waals surface area contributed by atoms with Crippen molar-refractivity contribution in [2.24, 2.45) is 0 Å². The Hall–Kier alpha value is -9.50. The van der Waals surface area contributed by atoms with Crippen molar-refractivity contribution in [1.29, 1.82) is 0 Å². The Morgan fingerprint density at radius 2 is 0.863 bits per heavy atom. The number of fused-ring (bicyclic) bond motifs is 8. The van der Waals surface area contributed by atoms with Crippen LogP contribution in [-0.4, -0.2) is 4.57 Å². The largest absolute Gasteiger partial charge is 0.310 e. The summed E-state index contributed by atoms with van der Waals surface area (Å²) in [4.78, 5) is 2.48. The van der Waals surface area contributed by atoms with Crippen molar-refractivity contribution in [1.82, 2.24) is 4.57 Å². The number of anilines is 3. The van der Waals surface area contributed by atoms with Gasteiger partial charge in [-0.05, 0) is 133 Å². The summed E-state index contributed by atoms with van der Waals surface area (Å²) >= 11 is 0. The maximum Gasteiger partial charge on any atom is 0.0714 e. The molecule has 73 heavy (non-hydrogen) atoms. The zero-order valence-corrected chi connectivity index (χ0v) is 40.1. The molecule has 0 atom stereocenters. The third-order valence-electron chi connectivity index (χ3n) is 15.3. The molecule has 1 aliphatic rings. The summed E-state index contributed by atoms with van der Waals surface area (Å²) in [5.41, 5.74) is 20.8. The molecule has 1 heterocycles. The Kier molecular flexibility index (Phi) is 10.1. The van der Waals surface area contributed by atoms with Crippen molar-refractivity contribution in [3.8, 4) is 50.2 Å². The molecule has 342 valence electrons. The lowest BCUT2D eigenvalue weighted by Gasteiger charge is -2.35. The standard InChI is InChI=1S/C71H48N2/c1-5-20-49(21-6-1)50-36-40-58(41-37-50)72(59-42-44-64-66(48-59)71(55-25-7-2-8-26-55,56-27-9-3-10-28-56)65-45-39-51-22-13-14-32-61(51)70(64)65)67-34-17-15-31-60(67)54-24-19-23-52(46-54)53-38-43-63-62-33-16-18-35-68(62)73(69(63)47-53)57-29-11-4-12-30-57/h1-48H. The fraction of sp³-hybridized carbons (Fsp3) is 0.0141. The highest BCUT2D eigenvalue weighted by Crippen LogP contribution is 2.59. The van der Waals surface area contributed by atoms with Gasteiger partial charge in [-0.15, -0.1) is 0 Å².